The first-order chi connectivity index (χ1) is 11.9. The van der Waals surface area contributed by atoms with E-state index in [9.17, 15) is 14.4 Å². The van der Waals surface area contributed by atoms with E-state index in [-0.39, 0.29) is 17.9 Å². The van der Waals surface area contributed by atoms with Gasteiger partial charge in [0.2, 0.25) is 5.91 Å². The Hall–Kier alpha value is -2.37. The highest BCUT2D eigenvalue weighted by Crippen LogP contribution is 2.13. The molecule has 0 spiro atoms. The van der Waals surface area contributed by atoms with Crippen LogP contribution in [0.15, 0.2) is 24.3 Å². The monoisotopic (exact) mass is 345 g/mol. The number of nitrogens with one attached hydrogen (secondary N) is 2. The number of likely N-dealkylation sites (tertiary alicyclic amines) is 1. The molecule has 1 heterocycles. The van der Waals surface area contributed by atoms with Crippen molar-refractivity contribution in [3.63, 3.8) is 0 Å². The number of carbonyl (C=O) groups excluding carboxylic acids is 3. The van der Waals surface area contributed by atoms with Gasteiger partial charge in [-0.05, 0) is 37.0 Å². The van der Waals surface area contributed by atoms with Crippen molar-refractivity contribution in [1.29, 1.82) is 0 Å². The van der Waals surface area contributed by atoms with Crippen molar-refractivity contribution in [3.8, 4) is 0 Å². The molecule has 1 atom stereocenters. The summed E-state index contributed by atoms with van der Waals surface area (Å²) in [6.45, 7) is 6.63. The third-order valence-electron chi connectivity index (χ3n) is 4.39. The van der Waals surface area contributed by atoms with Crippen molar-refractivity contribution >= 4 is 23.4 Å². The van der Waals surface area contributed by atoms with Gasteiger partial charge in [-0.15, -0.1) is 0 Å². The summed E-state index contributed by atoms with van der Waals surface area (Å²) in [5.41, 5.74) is 1.78. The summed E-state index contributed by atoms with van der Waals surface area (Å²) in [6.07, 6.45) is 2.51. The summed E-state index contributed by atoms with van der Waals surface area (Å²) in [6, 6.07) is 7.36. The topological polar surface area (TPSA) is 78.5 Å². The molecule has 6 heteroatoms. The second-order valence-corrected chi connectivity index (χ2v) is 6.76. The Labute approximate surface area is 149 Å². The van der Waals surface area contributed by atoms with Crippen molar-refractivity contribution in [3.05, 3.63) is 29.8 Å². The van der Waals surface area contributed by atoms with Gasteiger partial charge in [-0.2, -0.15) is 0 Å². The Kier molecular flexibility index (Phi) is 6.56. The Morgan fingerprint density at radius 1 is 1.20 bits per heavy atom. The van der Waals surface area contributed by atoms with Crippen LogP contribution < -0.4 is 10.6 Å². The molecular weight excluding hydrogens is 318 g/mol. The Bertz CT molecular complexity index is 625. The zero-order valence-electron chi connectivity index (χ0n) is 15.2. The zero-order chi connectivity index (χ0) is 18.4. The number of benzene rings is 1. The largest absolute Gasteiger partial charge is 0.351 e. The standard InChI is InChI=1S/C19H27N3O3/c1-4-14-7-9-15(10-8-14)20-18(24)19(25)22-11-5-6-16(12-22)21-17(23)13(2)3/h7-10,13,16H,4-6,11-12H2,1-3H3,(H,20,24)(H,21,23). The van der Waals surface area contributed by atoms with Gasteiger partial charge in [0.15, 0.2) is 0 Å². The van der Waals surface area contributed by atoms with Gasteiger partial charge < -0.3 is 15.5 Å². The summed E-state index contributed by atoms with van der Waals surface area (Å²) in [4.78, 5) is 37.9. The van der Waals surface area contributed by atoms with Gasteiger partial charge in [-0.25, -0.2) is 0 Å². The molecule has 136 valence electrons. The van der Waals surface area contributed by atoms with Crippen molar-refractivity contribution in [2.45, 2.75) is 46.1 Å². The first-order valence-corrected chi connectivity index (χ1v) is 8.90. The molecule has 6 nitrogen and oxygen atoms in total. The summed E-state index contributed by atoms with van der Waals surface area (Å²) in [5.74, 6) is -1.32. The van der Waals surface area contributed by atoms with E-state index in [2.05, 4.69) is 17.6 Å². The summed E-state index contributed by atoms with van der Waals surface area (Å²) >= 11 is 0. The van der Waals surface area contributed by atoms with Crippen LogP contribution in [0.4, 0.5) is 5.69 Å². The number of hydrogen-bond acceptors (Lipinski definition) is 3. The maximum Gasteiger partial charge on any atom is 0.313 e. The molecule has 0 aromatic heterocycles. The van der Waals surface area contributed by atoms with Crippen molar-refractivity contribution in [1.82, 2.24) is 10.2 Å². The first kappa shape index (κ1) is 19.0. The number of amides is 3. The van der Waals surface area contributed by atoms with E-state index >= 15 is 0 Å². The van der Waals surface area contributed by atoms with Gasteiger partial charge in [0.05, 0.1) is 0 Å². The van der Waals surface area contributed by atoms with Gasteiger partial charge in [-0.3, -0.25) is 14.4 Å². The molecule has 0 radical (unpaired) electrons. The molecule has 1 aliphatic heterocycles. The molecule has 1 fully saturated rings. The van der Waals surface area contributed by atoms with Crippen molar-refractivity contribution in [2.24, 2.45) is 5.92 Å². The average Bonchev–Trinajstić information content (AvgIpc) is 2.61. The van der Waals surface area contributed by atoms with E-state index in [0.29, 0.717) is 18.8 Å². The molecule has 1 aromatic carbocycles. The van der Waals surface area contributed by atoms with E-state index in [1.165, 1.54) is 10.5 Å². The molecule has 1 unspecified atom stereocenters. The van der Waals surface area contributed by atoms with Crippen molar-refractivity contribution < 1.29 is 14.4 Å². The molecule has 0 bridgehead atoms. The van der Waals surface area contributed by atoms with Crippen LogP contribution in [0.1, 0.15) is 39.2 Å². The lowest BCUT2D eigenvalue weighted by molar-refractivity contribution is -0.144. The summed E-state index contributed by atoms with van der Waals surface area (Å²) < 4.78 is 0. The van der Waals surface area contributed by atoms with E-state index in [0.717, 1.165) is 19.3 Å². The lowest BCUT2D eigenvalue weighted by Gasteiger charge is -2.33. The van der Waals surface area contributed by atoms with Gasteiger partial charge >= 0.3 is 11.8 Å². The summed E-state index contributed by atoms with van der Waals surface area (Å²) in [7, 11) is 0. The van der Waals surface area contributed by atoms with Gasteiger partial charge in [0.1, 0.15) is 0 Å². The third kappa shape index (κ3) is 5.31. The number of piperidine rings is 1. The predicted octanol–water partition coefficient (Wildman–Crippen LogP) is 1.95. The number of nitrogens with zero attached hydrogens (tertiary/aromatic N) is 1. The predicted molar refractivity (Wildman–Crippen MR) is 97.0 cm³/mol. The van der Waals surface area contributed by atoms with Crippen LogP contribution in [-0.2, 0) is 20.8 Å². The zero-order valence-corrected chi connectivity index (χ0v) is 15.2. The van der Waals surface area contributed by atoms with E-state index in [4.69, 9.17) is 0 Å². The number of hydrogen-bond donors (Lipinski definition) is 2. The SMILES string of the molecule is CCc1ccc(NC(=O)C(=O)N2CCCC(NC(=O)C(C)C)C2)cc1. The quantitative estimate of drug-likeness (QED) is 0.819. The van der Waals surface area contributed by atoms with Crippen molar-refractivity contribution in [2.75, 3.05) is 18.4 Å². The molecule has 3 amide bonds. The fraction of sp³-hybridized carbons (Fsp3) is 0.526. The second kappa shape index (κ2) is 8.65. The minimum absolute atomic E-state index is 0.0280. The van der Waals surface area contributed by atoms with Crippen LogP contribution in [0, 0.1) is 5.92 Å². The minimum atomic E-state index is -0.639. The second-order valence-electron chi connectivity index (χ2n) is 6.76. The van der Waals surface area contributed by atoms with E-state index in [1.54, 1.807) is 12.1 Å². The highest BCUT2D eigenvalue weighted by molar-refractivity contribution is 6.39. The highest BCUT2D eigenvalue weighted by Gasteiger charge is 2.28. The molecule has 0 aliphatic carbocycles. The van der Waals surface area contributed by atoms with Crippen LogP contribution in [0.3, 0.4) is 0 Å². The van der Waals surface area contributed by atoms with Crippen LogP contribution in [0.5, 0.6) is 0 Å². The van der Waals surface area contributed by atoms with Crippen LogP contribution in [0.25, 0.3) is 0 Å². The maximum atomic E-state index is 12.4. The number of carbonyl (C=O) groups is 3. The van der Waals surface area contributed by atoms with Crippen LogP contribution >= 0.6 is 0 Å². The molecule has 0 saturated carbocycles. The minimum Gasteiger partial charge on any atom is -0.351 e. The number of anilines is 1. The average molecular weight is 345 g/mol. The Morgan fingerprint density at radius 3 is 2.48 bits per heavy atom. The Balaban J connectivity index is 1.91. The lowest BCUT2D eigenvalue weighted by atomic mass is 10.0. The van der Waals surface area contributed by atoms with E-state index < -0.39 is 11.8 Å². The molecule has 25 heavy (non-hydrogen) atoms. The normalized spacial score (nSPS) is 17.3. The Morgan fingerprint density at radius 2 is 1.88 bits per heavy atom. The molecule has 1 aromatic rings. The van der Waals surface area contributed by atoms with Crippen LogP contribution in [-0.4, -0.2) is 41.8 Å². The molecule has 1 aliphatic rings. The molecule has 2 rings (SSSR count). The molecule has 1 saturated heterocycles. The fourth-order valence-corrected chi connectivity index (χ4v) is 2.80. The molecule has 2 N–H and O–H groups in total. The fourth-order valence-electron chi connectivity index (χ4n) is 2.80. The van der Waals surface area contributed by atoms with E-state index in [1.807, 2.05) is 26.0 Å². The molecular formula is C19H27N3O3. The van der Waals surface area contributed by atoms with Gasteiger partial charge in [0.25, 0.3) is 0 Å². The number of rotatable bonds is 4. The lowest BCUT2D eigenvalue weighted by Crippen LogP contribution is -2.52. The summed E-state index contributed by atoms with van der Waals surface area (Å²) in [5, 5.41) is 5.59. The first-order valence-electron chi connectivity index (χ1n) is 8.90. The highest BCUT2D eigenvalue weighted by atomic mass is 16.2. The van der Waals surface area contributed by atoms with Gasteiger partial charge in [-0.1, -0.05) is 32.9 Å². The maximum absolute atomic E-state index is 12.4. The smallest absolute Gasteiger partial charge is 0.313 e. The third-order valence-corrected chi connectivity index (χ3v) is 4.39. The number of aryl methyl sites for hydroxylation is 1. The van der Waals surface area contributed by atoms with Gasteiger partial charge in [0, 0.05) is 30.7 Å². The van der Waals surface area contributed by atoms with Crippen LogP contribution in [0.2, 0.25) is 0 Å².